The lowest BCUT2D eigenvalue weighted by atomic mass is 10.3. The van der Waals surface area contributed by atoms with Gasteiger partial charge in [0.05, 0.1) is 6.61 Å². The first-order chi connectivity index (χ1) is 7.56. The van der Waals surface area contributed by atoms with Gasteiger partial charge >= 0.3 is 12.0 Å². The molecule has 6 heteroatoms. The molecule has 0 aromatic heterocycles. The fourth-order valence-electron chi connectivity index (χ4n) is 0.880. The number of amides is 3. The number of hydrogen-bond acceptors (Lipinski definition) is 4. The number of nitrogens with two attached hydrogens (primary N) is 1. The second kappa shape index (κ2) is 8.46. The van der Waals surface area contributed by atoms with Gasteiger partial charge in [-0.05, 0) is 6.42 Å². The lowest BCUT2D eigenvalue weighted by Gasteiger charge is -2.00. The van der Waals surface area contributed by atoms with Gasteiger partial charge in [0.15, 0.2) is 0 Å². The Balaban J connectivity index is 3.73. The van der Waals surface area contributed by atoms with Crippen molar-refractivity contribution in [1.29, 1.82) is 0 Å². The number of ether oxygens (including phenoxy) is 1. The highest BCUT2D eigenvalue weighted by molar-refractivity contribution is 6.02. The van der Waals surface area contributed by atoms with Crippen molar-refractivity contribution in [2.45, 2.75) is 26.2 Å². The first-order valence-electron chi connectivity index (χ1n) is 5.01. The lowest BCUT2D eigenvalue weighted by Crippen LogP contribution is -2.33. The van der Waals surface area contributed by atoms with Crippen LogP contribution in [0.5, 0.6) is 0 Å². The van der Waals surface area contributed by atoms with Crippen LogP contribution in [0, 0.1) is 0 Å². The molecule has 0 unspecified atom stereocenters. The summed E-state index contributed by atoms with van der Waals surface area (Å²) < 4.78 is 4.78. The molecular weight excluding hydrogens is 212 g/mol. The zero-order chi connectivity index (χ0) is 12.4. The fourth-order valence-corrected chi connectivity index (χ4v) is 0.880. The third-order valence-electron chi connectivity index (χ3n) is 1.61. The molecule has 0 rings (SSSR count). The normalized spacial score (nSPS) is 10.1. The zero-order valence-electron chi connectivity index (χ0n) is 9.19. The van der Waals surface area contributed by atoms with E-state index in [1.54, 1.807) is 5.32 Å². The second-order valence-corrected chi connectivity index (χ2v) is 3.06. The Morgan fingerprint density at radius 1 is 1.25 bits per heavy atom. The smallest absolute Gasteiger partial charge is 0.330 e. The molecule has 16 heavy (non-hydrogen) atoms. The largest absolute Gasteiger partial charge is 0.463 e. The average Bonchev–Trinajstić information content (AvgIpc) is 2.20. The minimum Gasteiger partial charge on any atom is -0.463 e. The van der Waals surface area contributed by atoms with Gasteiger partial charge in [-0.3, -0.25) is 10.1 Å². The summed E-state index contributed by atoms with van der Waals surface area (Å²) in [6.45, 7) is 2.37. The van der Waals surface area contributed by atoms with E-state index in [1.807, 2.05) is 6.92 Å². The second-order valence-electron chi connectivity index (χ2n) is 3.06. The van der Waals surface area contributed by atoms with Gasteiger partial charge in [0.1, 0.15) is 0 Å². The van der Waals surface area contributed by atoms with Crippen molar-refractivity contribution in [2.24, 2.45) is 5.73 Å². The van der Waals surface area contributed by atoms with Crippen LogP contribution >= 0.6 is 0 Å². The molecule has 3 amide bonds. The van der Waals surface area contributed by atoms with Crippen LogP contribution in [0.1, 0.15) is 26.2 Å². The molecular formula is C10H16N2O4. The molecule has 0 saturated heterocycles. The van der Waals surface area contributed by atoms with Crippen LogP contribution in [0.4, 0.5) is 4.79 Å². The summed E-state index contributed by atoms with van der Waals surface area (Å²) in [6.07, 6.45) is 4.66. The van der Waals surface area contributed by atoms with E-state index in [0.29, 0.717) is 6.61 Å². The summed E-state index contributed by atoms with van der Waals surface area (Å²) in [5, 5.41) is 1.78. The quantitative estimate of drug-likeness (QED) is 0.392. The number of esters is 1. The third-order valence-corrected chi connectivity index (χ3v) is 1.61. The summed E-state index contributed by atoms with van der Waals surface area (Å²) in [5.74, 6) is -1.37. The van der Waals surface area contributed by atoms with E-state index in [-0.39, 0.29) is 0 Å². The Kier molecular flexibility index (Phi) is 7.48. The van der Waals surface area contributed by atoms with E-state index in [1.165, 1.54) is 0 Å². The Bertz CT molecular complexity index is 287. The highest BCUT2D eigenvalue weighted by atomic mass is 16.5. The highest BCUT2D eigenvalue weighted by Crippen LogP contribution is 1.94. The molecule has 0 saturated carbocycles. The number of unbranched alkanes of at least 4 members (excludes halogenated alkanes) is 2. The predicted octanol–water partition coefficient (Wildman–Crippen LogP) is 0.471. The molecule has 0 aromatic carbocycles. The maximum Gasteiger partial charge on any atom is 0.330 e. The topological polar surface area (TPSA) is 98.5 Å². The van der Waals surface area contributed by atoms with Crippen molar-refractivity contribution < 1.29 is 19.1 Å². The summed E-state index contributed by atoms with van der Waals surface area (Å²) in [5.41, 5.74) is 4.69. The highest BCUT2D eigenvalue weighted by Gasteiger charge is 2.01. The van der Waals surface area contributed by atoms with Gasteiger partial charge in [0.2, 0.25) is 0 Å². The molecule has 0 radical (unpaired) electrons. The monoisotopic (exact) mass is 228 g/mol. The molecule has 0 atom stereocenters. The van der Waals surface area contributed by atoms with E-state index >= 15 is 0 Å². The van der Waals surface area contributed by atoms with Crippen LogP contribution in [0.3, 0.4) is 0 Å². The van der Waals surface area contributed by atoms with Gasteiger partial charge in [0.25, 0.3) is 5.91 Å². The zero-order valence-corrected chi connectivity index (χ0v) is 9.19. The SMILES string of the molecule is CCCCCOC(=O)/C=C/C(=O)NC(N)=O. The Morgan fingerprint density at radius 3 is 2.50 bits per heavy atom. The van der Waals surface area contributed by atoms with Gasteiger partial charge in [-0.25, -0.2) is 9.59 Å². The standard InChI is InChI=1S/C10H16N2O4/c1-2-3-4-7-16-9(14)6-5-8(13)12-10(11)15/h5-6H,2-4,7H2,1H3,(H3,11,12,13,15)/b6-5+. The Morgan fingerprint density at radius 2 is 1.94 bits per heavy atom. The van der Waals surface area contributed by atoms with Gasteiger partial charge in [-0.1, -0.05) is 19.8 Å². The molecule has 0 spiro atoms. The summed E-state index contributed by atoms with van der Waals surface area (Å²) >= 11 is 0. The average molecular weight is 228 g/mol. The van der Waals surface area contributed by atoms with E-state index in [2.05, 4.69) is 0 Å². The Hall–Kier alpha value is -1.85. The predicted molar refractivity (Wildman–Crippen MR) is 57.4 cm³/mol. The molecule has 0 aromatic rings. The Labute approximate surface area is 93.8 Å². The lowest BCUT2D eigenvalue weighted by molar-refractivity contribution is -0.138. The first kappa shape index (κ1) is 14.2. The molecule has 3 N–H and O–H groups in total. The van der Waals surface area contributed by atoms with Gasteiger partial charge in [0, 0.05) is 12.2 Å². The fraction of sp³-hybridized carbons (Fsp3) is 0.500. The summed E-state index contributed by atoms with van der Waals surface area (Å²) in [7, 11) is 0. The molecule has 0 bridgehead atoms. The summed E-state index contributed by atoms with van der Waals surface area (Å²) in [4.78, 5) is 32.1. The van der Waals surface area contributed by atoms with Gasteiger partial charge < -0.3 is 10.5 Å². The number of hydrogen-bond donors (Lipinski definition) is 2. The minimum absolute atomic E-state index is 0.328. The number of imide groups is 1. The number of nitrogens with one attached hydrogen (secondary N) is 1. The molecule has 6 nitrogen and oxygen atoms in total. The summed E-state index contributed by atoms with van der Waals surface area (Å²) in [6, 6.07) is -0.967. The maximum absolute atomic E-state index is 11.0. The van der Waals surface area contributed by atoms with Crippen LogP contribution in [0.15, 0.2) is 12.2 Å². The van der Waals surface area contributed by atoms with E-state index in [4.69, 9.17) is 10.5 Å². The van der Waals surface area contributed by atoms with Crippen molar-refractivity contribution in [1.82, 2.24) is 5.32 Å². The number of urea groups is 1. The van der Waals surface area contributed by atoms with Crippen LogP contribution in [0.2, 0.25) is 0 Å². The maximum atomic E-state index is 11.0. The number of carbonyl (C=O) groups is 3. The van der Waals surface area contributed by atoms with Crippen molar-refractivity contribution in [2.75, 3.05) is 6.61 Å². The van der Waals surface area contributed by atoms with Gasteiger partial charge in [-0.2, -0.15) is 0 Å². The molecule has 0 aliphatic heterocycles. The molecule has 0 aliphatic carbocycles. The van der Waals surface area contributed by atoms with Crippen LogP contribution in [-0.4, -0.2) is 24.5 Å². The first-order valence-corrected chi connectivity index (χ1v) is 5.01. The third kappa shape index (κ3) is 8.74. The van der Waals surface area contributed by atoms with Crippen LogP contribution in [0.25, 0.3) is 0 Å². The number of rotatable bonds is 6. The van der Waals surface area contributed by atoms with E-state index in [0.717, 1.165) is 31.4 Å². The van der Waals surface area contributed by atoms with Crippen LogP contribution < -0.4 is 11.1 Å². The molecule has 90 valence electrons. The van der Waals surface area contributed by atoms with Crippen molar-refractivity contribution in [3.05, 3.63) is 12.2 Å². The number of primary amides is 1. The molecule has 0 heterocycles. The van der Waals surface area contributed by atoms with Crippen molar-refractivity contribution >= 4 is 17.9 Å². The van der Waals surface area contributed by atoms with E-state index in [9.17, 15) is 14.4 Å². The van der Waals surface area contributed by atoms with Crippen LogP contribution in [-0.2, 0) is 14.3 Å². The molecule has 0 fully saturated rings. The van der Waals surface area contributed by atoms with E-state index < -0.39 is 17.9 Å². The minimum atomic E-state index is -0.967. The van der Waals surface area contributed by atoms with Gasteiger partial charge in [-0.15, -0.1) is 0 Å². The van der Waals surface area contributed by atoms with Crippen molar-refractivity contribution in [3.8, 4) is 0 Å². The molecule has 0 aliphatic rings. The number of carbonyl (C=O) groups excluding carboxylic acids is 3. The van der Waals surface area contributed by atoms with Crippen molar-refractivity contribution in [3.63, 3.8) is 0 Å².